The van der Waals surface area contributed by atoms with E-state index in [-0.39, 0.29) is 23.1 Å². The molecule has 1 amide bonds. The van der Waals surface area contributed by atoms with Crippen LogP contribution in [-0.2, 0) is 16.1 Å². The molecule has 0 aliphatic carbocycles. The van der Waals surface area contributed by atoms with Gasteiger partial charge in [-0.2, -0.15) is 0 Å². The van der Waals surface area contributed by atoms with Crippen LogP contribution in [-0.4, -0.2) is 40.6 Å². The molecule has 0 bridgehead atoms. The summed E-state index contributed by atoms with van der Waals surface area (Å²) in [5.74, 6) is -0.259. The lowest BCUT2D eigenvalue weighted by atomic mass is 10.1. The summed E-state index contributed by atoms with van der Waals surface area (Å²) in [4.78, 5) is 16.9. The second-order valence-electron chi connectivity index (χ2n) is 7.56. The van der Waals surface area contributed by atoms with Crippen LogP contribution in [0.25, 0.3) is 0 Å². The average molecular weight is 387 g/mol. The van der Waals surface area contributed by atoms with E-state index < -0.39 is 11.5 Å². The van der Waals surface area contributed by atoms with Gasteiger partial charge in [0.15, 0.2) is 5.72 Å². The van der Waals surface area contributed by atoms with Crippen molar-refractivity contribution in [1.29, 1.82) is 0 Å². The molecule has 140 valence electrons. The third kappa shape index (κ3) is 2.68. The van der Waals surface area contributed by atoms with Crippen LogP contribution in [0.1, 0.15) is 30.1 Å². The number of halogens is 2. The fraction of sp³-hybridized carbons (Fsp3) is 0.381. The average Bonchev–Trinajstić information content (AvgIpc) is 3.29. The number of nitrogens with zero attached hydrogens (tertiary/aromatic N) is 2. The molecule has 3 fully saturated rings. The maximum absolute atomic E-state index is 13.4. The quantitative estimate of drug-likeness (QED) is 0.805. The Labute approximate surface area is 162 Å². The van der Waals surface area contributed by atoms with Crippen molar-refractivity contribution in [2.75, 3.05) is 13.1 Å². The first-order chi connectivity index (χ1) is 13.1. The molecular weight excluding hydrogens is 367 g/mol. The molecule has 0 unspecified atom stereocenters. The van der Waals surface area contributed by atoms with Gasteiger partial charge in [-0.15, -0.1) is 0 Å². The molecule has 27 heavy (non-hydrogen) atoms. The number of carbonyl (C=O) groups excluding carboxylic acids is 1. The van der Waals surface area contributed by atoms with Gasteiger partial charge in [0.1, 0.15) is 11.9 Å². The van der Waals surface area contributed by atoms with E-state index in [2.05, 4.69) is 17.0 Å². The number of hydrogen-bond donors (Lipinski definition) is 0. The van der Waals surface area contributed by atoms with Gasteiger partial charge in [-0.25, -0.2) is 4.39 Å². The Hall–Kier alpha value is -1.95. The van der Waals surface area contributed by atoms with Crippen molar-refractivity contribution in [3.63, 3.8) is 0 Å². The number of rotatable bonds is 3. The van der Waals surface area contributed by atoms with Crippen LogP contribution < -0.4 is 0 Å². The van der Waals surface area contributed by atoms with E-state index in [1.807, 2.05) is 23.1 Å². The number of amides is 1. The fourth-order valence-electron chi connectivity index (χ4n) is 4.81. The summed E-state index contributed by atoms with van der Waals surface area (Å²) < 4.78 is 20.0. The molecule has 3 saturated heterocycles. The van der Waals surface area contributed by atoms with Crippen LogP contribution in [0.15, 0.2) is 48.5 Å². The standard InChI is InChI=1S/C21H20ClFN2O2/c22-16-10-14(6-7-17(16)23)12-24-9-8-21-19(24)11-20(26)25(21)13-18(27-21)15-4-2-1-3-5-15/h1-7,10,18-19H,8-9,11-13H2/t18-,19-,21+/m1/s1. The summed E-state index contributed by atoms with van der Waals surface area (Å²) in [5.41, 5.74) is 1.51. The van der Waals surface area contributed by atoms with Gasteiger partial charge in [0, 0.05) is 25.9 Å². The highest BCUT2D eigenvalue weighted by Gasteiger charge is 2.63. The Morgan fingerprint density at radius 3 is 2.81 bits per heavy atom. The summed E-state index contributed by atoms with van der Waals surface area (Å²) >= 11 is 5.93. The highest BCUT2D eigenvalue weighted by molar-refractivity contribution is 6.30. The first-order valence-electron chi connectivity index (χ1n) is 9.28. The number of benzene rings is 2. The molecule has 3 heterocycles. The van der Waals surface area contributed by atoms with Crippen LogP contribution in [0.3, 0.4) is 0 Å². The van der Waals surface area contributed by atoms with E-state index in [1.54, 1.807) is 12.1 Å². The third-order valence-electron chi connectivity index (χ3n) is 6.08. The van der Waals surface area contributed by atoms with Crippen molar-refractivity contribution in [3.8, 4) is 0 Å². The van der Waals surface area contributed by atoms with Crippen molar-refractivity contribution in [3.05, 3.63) is 70.5 Å². The minimum Gasteiger partial charge on any atom is -0.344 e. The van der Waals surface area contributed by atoms with Gasteiger partial charge in [-0.3, -0.25) is 9.69 Å². The predicted molar refractivity (Wildman–Crippen MR) is 99.6 cm³/mol. The molecule has 3 atom stereocenters. The normalized spacial score (nSPS) is 30.0. The molecule has 0 N–H and O–H groups in total. The zero-order valence-electron chi connectivity index (χ0n) is 14.8. The highest BCUT2D eigenvalue weighted by Crippen LogP contribution is 2.50. The molecule has 0 aromatic heterocycles. The van der Waals surface area contributed by atoms with E-state index in [9.17, 15) is 9.18 Å². The number of carbonyl (C=O) groups is 1. The predicted octanol–water partition coefficient (Wildman–Crippen LogP) is 3.75. The monoisotopic (exact) mass is 386 g/mol. The highest BCUT2D eigenvalue weighted by atomic mass is 35.5. The molecule has 5 rings (SSSR count). The van der Waals surface area contributed by atoms with Gasteiger partial charge in [-0.1, -0.05) is 48.0 Å². The Bertz CT molecular complexity index is 893. The van der Waals surface area contributed by atoms with Gasteiger partial charge in [-0.05, 0) is 23.3 Å². The second kappa shape index (κ2) is 6.30. The van der Waals surface area contributed by atoms with Crippen LogP contribution >= 0.6 is 11.6 Å². The summed E-state index contributed by atoms with van der Waals surface area (Å²) in [7, 11) is 0. The van der Waals surface area contributed by atoms with Crippen LogP contribution in [0.4, 0.5) is 4.39 Å². The molecule has 2 aromatic carbocycles. The van der Waals surface area contributed by atoms with Crippen molar-refractivity contribution >= 4 is 17.5 Å². The van der Waals surface area contributed by atoms with Gasteiger partial charge in [0.2, 0.25) is 5.91 Å². The van der Waals surface area contributed by atoms with E-state index in [1.165, 1.54) is 6.07 Å². The van der Waals surface area contributed by atoms with Gasteiger partial charge >= 0.3 is 0 Å². The van der Waals surface area contributed by atoms with Crippen molar-refractivity contribution in [1.82, 2.24) is 9.80 Å². The minimum atomic E-state index is -0.540. The molecule has 3 aliphatic rings. The van der Waals surface area contributed by atoms with Gasteiger partial charge in [0.05, 0.1) is 17.6 Å². The molecule has 2 aromatic rings. The Balaban J connectivity index is 1.39. The van der Waals surface area contributed by atoms with E-state index in [0.29, 0.717) is 19.5 Å². The summed E-state index contributed by atoms with van der Waals surface area (Å²) in [6.45, 7) is 2.08. The van der Waals surface area contributed by atoms with Crippen molar-refractivity contribution in [2.24, 2.45) is 0 Å². The fourth-order valence-corrected chi connectivity index (χ4v) is 5.01. The summed E-state index contributed by atoms with van der Waals surface area (Å²) in [5, 5.41) is 0.131. The van der Waals surface area contributed by atoms with Gasteiger partial charge in [0.25, 0.3) is 0 Å². The van der Waals surface area contributed by atoms with Crippen molar-refractivity contribution < 1.29 is 13.9 Å². The molecule has 0 radical (unpaired) electrons. The zero-order chi connectivity index (χ0) is 18.6. The number of likely N-dealkylation sites (tertiary alicyclic amines) is 1. The topological polar surface area (TPSA) is 32.8 Å². The van der Waals surface area contributed by atoms with Crippen LogP contribution in [0.5, 0.6) is 0 Å². The third-order valence-corrected chi connectivity index (χ3v) is 6.37. The smallest absolute Gasteiger partial charge is 0.226 e. The molecular formula is C21H20ClFN2O2. The second-order valence-corrected chi connectivity index (χ2v) is 7.96. The Morgan fingerprint density at radius 1 is 1.22 bits per heavy atom. The zero-order valence-corrected chi connectivity index (χ0v) is 15.5. The van der Waals surface area contributed by atoms with E-state index >= 15 is 0 Å². The molecule has 6 heteroatoms. The molecule has 1 spiro atoms. The largest absolute Gasteiger partial charge is 0.344 e. The minimum absolute atomic E-state index is 0.0162. The SMILES string of the molecule is O=C1C[C@H]2N(Cc3ccc(F)c(Cl)c3)CC[C@]23O[C@@H](c2ccccc2)CN13. The lowest BCUT2D eigenvalue weighted by molar-refractivity contribution is -0.138. The first kappa shape index (κ1) is 17.2. The maximum Gasteiger partial charge on any atom is 0.226 e. The van der Waals surface area contributed by atoms with Crippen LogP contribution in [0, 0.1) is 5.82 Å². The van der Waals surface area contributed by atoms with Crippen molar-refractivity contribution in [2.45, 2.75) is 37.3 Å². The lowest BCUT2D eigenvalue weighted by Crippen LogP contribution is -2.47. The number of ether oxygens (including phenoxy) is 1. The Kier molecular flexibility index (Phi) is 4.00. The van der Waals surface area contributed by atoms with Gasteiger partial charge < -0.3 is 9.64 Å². The molecule has 4 nitrogen and oxygen atoms in total. The molecule has 0 saturated carbocycles. The lowest BCUT2D eigenvalue weighted by Gasteiger charge is -2.32. The first-order valence-corrected chi connectivity index (χ1v) is 9.66. The Morgan fingerprint density at radius 2 is 2.04 bits per heavy atom. The van der Waals surface area contributed by atoms with Crippen LogP contribution in [0.2, 0.25) is 5.02 Å². The number of hydrogen-bond acceptors (Lipinski definition) is 3. The van der Waals surface area contributed by atoms with E-state index in [0.717, 1.165) is 24.1 Å². The summed E-state index contributed by atoms with van der Waals surface area (Å²) in [6.07, 6.45) is 1.18. The maximum atomic E-state index is 13.4. The van der Waals surface area contributed by atoms with E-state index in [4.69, 9.17) is 16.3 Å². The summed E-state index contributed by atoms with van der Waals surface area (Å²) in [6, 6.07) is 14.9. The molecule has 3 aliphatic heterocycles.